The molecule has 2 aromatic rings. The maximum atomic E-state index is 13.2. The topological polar surface area (TPSA) is 117 Å². The molecule has 37 heavy (non-hydrogen) atoms. The van der Waals surface area contributed by atoms with E-state index >= 15 is 0 Å². The van der Waals surface area contributed by atoms with Crippen LogP contribution in [0.3, 0.4) is 0 Å². The molecule has 1 aliphatic carbocycles. The van der Waals surface area contributed by atoms with Crippen LogP contribution in [-0.4, -0.2) is 22.9 Å². The fourth-order valence-corrected chi connectivity index (χ4v) is 6.39. The van der Waals surface area contributed by atoms with Gasteiger partial charge in [-0.1, -0.05) is 11.6 Å². The molecule has 1 atom stereocenters. The molecule has 1 unspecified atom stereocenters. The predicted octanol–water partition coefficient (Wildman–Crippen LogP) is 4.04. The van der Waals surface area contributed by atoms with Crippen LogP contribution in [0.4, 0.5) is 0 Å². The molecular formula is C26H32ClN5O4S. The smallest absolute Gasteiger partial charge is 0.254 e. The summed E-state index contributed by atoms with van der Waals surface area (Å²) >= 11 is 8.07. The Morgan fingerprint density at radius 3 is 2.59 bits per heavy atom. The van der Waals surface area contributed by atoms with Gasteiger partial charge in [0.2, 0.25) is 0 Å². The van der Waals surface area contributed by atoms with Crippen molar-refractivity contribution >= 4 is 29.3 Å². The van der Waals surface area contributed by atoms with Gasteiger partial charge in [0.15, 0.2) is 11.5 Å². The largest absolute Gasteiger partial charge is 0.448 e. The molecule has 198 valence electrons. The van der Waals surface area contributed by atoms with Gasteiger partial charge < -0.3 is 30.6 Å². The van der Waals surface area contributed by atoms with Crippen molar-refractivity contribution in [3.8, 4) is 11.5 Å². The average molecular weight is 546 g/mol. The predicted molar refractivity (Wildman–Crippen MR) is 144 cm³/mol. The Morgan fingerprint density at radius 2 is 1.92 bits per heavy atom. The maximum Gasteiger partial charge on any atom is 0.254 e. The van der Waals surface area contributed by atoms with E-state index in [2.05, 4.69) is 26.7 Å². The van der Waals surface area contributed by atoms with Crippen molar-refractivity contribution in [1.29, 1.82) is 0 Å². The van der Waals surface area contributed by atoms with Crippen LogP contribution in [0.25, 0.3) is 0 Å². The van der Waals surface area contributed by atoms with Gasteiger partial charge >= 0.3 is 0 Å². The highest BCUT2D eigenvalue weighted by Crippen LogP contribution is 2.52. The number of thioether (sulfide) groups is 1. The van der Waals surface area contributed by atoms with Crippen LogP contribution in [0.2, 0.25) is 5.02 Å². The number of fused-ring (bicyclic) bond motifs is 1. The first-order chi connectivity index (χ1) is 17.7. The first-order valence-corrected chi connectivity index (χ1v) is 14.0. The van der Waals surface area contributed by atoms with E-state index in [0.29, 0.717) is 39.1 Å². The second-order valence-corrected chi connectivity index (χ2v) is 11.2. The Morgan fingerprint density at radius 1 is 1.19 bits per heavy atom. The van der Waals surface area contributed by atoms with Crippen LogP contribution in [0.1, 0.15) is 59.8 Å². The van der Waals surface area contributed by atoms with Crippen LogP contribution < -0.4 is 36.7 Å². The van der Waals surface area contributed by atoms with Gasteiger partial charge in [0.1, 0.15) is 0 Å². The van der Waals surface area contributed by atoms with Crippen molar-refractivity contribution < 1.29 is 14.3 Å². The summed E-state index contributed by atoms with van der Waals surface area (Å²) in [6.07, 6.45) is 7.80. The Hall–Kier alpha value is -2.82. The number of hydrogen-bond donors (Lipinski definition) is 5. The van der Waals surface area contributed by atoms with E-state index in [0.717, 1.165) is 36.3 Å². The number of allylic oxidation sites excluding steroid dienone is 1. The Bertz CT molecular complexity index is 1320. The molecule has 2 aliphatic heterocycles. The molecule has 3 heterocycles. The number of benzene rings is 1. The van der Waals surface area contributed by atoms with Crippen LogP contribution in [-0.2, 0) is 6.54 Å². The summed E-state index contributed by atoms with van der Waals surface area (Å²) in [6.45, 7) is 5.73. The molecule has 0 bridgehead atoms. The maximum absolute atomic E-state index is 13.2. The SMILES string of the molecule is CSc1cc(C)[nH]c(=O)c1CNC(=O)c1cc(Cl)c2c(c1C)OC(C)(C1CCC(C3=CNNN3)CC1)O2. The molecule has 0 spiro atoms. The number of carbonyl (C=O) groups excluding carboxylic acids is 1. The fourth-order valence-electron chi connectivity index (χ4n) is 5.45. The van der Waals surface area contributed by atoms with E-state index in [1.54, 1.807) is 6.07 Å². The van der Waals surface area contributed by atoms with Gasteiger partial charge in [0.05, 0.1) is 5.02 Å². The van der Waals surface area contributed by atoms with Crippen LogP contribution in [0, 0.1) is 25.7 Å². The van der Waals surface area contributed by atoms with Gasteiger partial charge in [0.25, 0.3) is 17.3 Å². The van der Waals surface area contributed by atoms with Crippen molar-refractivity contribution in [1.82, 2.24) is 26.7 Å². The third kappa shape index (κ3) is 4.89. The highest BCUT2D eigenvalue weighted by atomic mass is 35.5. The lowest BCUT2D eigenvalue weighted by Crippen LogP contribution is -2.45. The van der Waals surface area contributed by atoms with E-state index in [-0.39, 0.29) is 23.9 Å². The van der Waals surface area contributed by atoms with Crippen molar-refractivity contribution in [2.45, 2.75) is 63.7 Å². The first kappa shape index (κ1) is 25.8. The number of rotatable bonds is 6. The minimum atomic E-state index is -0.854. The number of halogens is 1. The van der Waals surface area contributed by atoms with E-state index < -0.39 is 5.79 Å². The third-order valence-corrected chi connectivity index (χ3v) is 8.67. The number of nitrogens with one attached hydrogen (secondary N) is 5. The number of aryl methyl sites for hydroxylation is 1. The highest BCUT2D eigenvalue weighted by molar-refractivity contribution is 7.98. The monoisotopic (exact) mass is 545 g/mol. The number of ether oxygens (including phenoxy) is 2. The second-order valence-electron chi connectivity index (χ2n) is 9.96. The lowest BCUT2D eigenvalue weighted by Gasteiger charge is -2.37. The van der Waals surface area contributed by atoms with E-state index in [9.17, 15) is 9.59 Å². The van der Waals surface area contributed by atoms with Crippen molar-refractivity contribution in [2.75, 3.05) is 6.26 Å². The lowest BCUT2D eigenvalue weighted by atomic mass is 9.77. The number of amides is 1. The van der Waals surface area contributed by atoms with Gasteiger partial charge in [-0.3, -0.25) is 9.59 Å². The molecule has 1 aromatic heterocycles. The standard InChI is InChI=1S/C26H32ClN5O4S/c1-13-9-21(37-4)18(25(34)30-13)11-28-24(33)17-10-19(27)23-22(14(17)2)35-26(3,36-23)16-7-5-15(6-8-16)20-12-29-32-31-20/h9-10,12,15-16,29,31-32H,5-8,11H2,1-4H3,(H,28,33)(H,30,34). The van der Waals surface area contributed by atoms with Gasteiger partial charge in [-0.2, -0.15) is 5.53 Å². The molecule has 1 aromatic carbocycles. The number of aromatic amines is 1. The van der Waals surface area contributed by atoms with Gasteiger partial charge in [-0.05, 0) is 57.9 Å². The third-order valence-electron chi connectivity index (χ3n) is 7.58. The zero-order valence-electron chi connectivity index (χ0n) is 21.3. The highest BCUT2D eigenvalue weighted by Gasteiger charge is 2.47. The van der Waals surface area contributed by atoms with Crippen molar-refractivity contribution in [2.24, 2.45) is 11.8 Å². The molecule has 5 N–H and O–H groups in total. The molecule has 9 nitrogen and oxygen atoms in total. The zero-order valence-corrected chi connectivity index (χ0v) is 22.9. The molecular weight excluding hydrogens is 514 g/mol. The molecule has 1 fully saturated rings. The summed E-state index contributed by atoms with van der Waals surface area (Å²) in [6, 6.07) is 3.52. The first-order valence-electron chi connectivity index (χ1n) is 12.4. The Labute approximate surface area is 225 Å². The van der Waals surface area contributed by atoms with Crippen LogP contribution in [0.15, 0.2) is 33.7 Å². The number of pyridine rings is 1. The second kappa shape index (κ2) is 10.2. The summed E-state index contributed by atoms with van der Waals surface area (Å²) in [4.78, 5) is 29.3. The molecule has 5 rings (SSSR count). The minimum absolute atomic E-state index is 0.105. The number of hydrogen-bond acceptors (Lipinski definition) is 8. The van der Waals surface area contributed by atoms with Gasteiger partial charge in [-0.25, -0.2) is 0 Å². The van der Waals surface area contributed by atoms with Gasteiger partial charge in [-0.15, -0.1) is 11.8 Å². The van der Waals surface area contributed by atoms with E-state index in [1.165, 1.54) is 17.5 Å². The molecule has 3 aliphatic rings. The Kier molecular flexibility index (Phi) is 7.08. The van der Waals surface area contributed by atoms with E-state index in [4.69, 9.17) is 21.1 Å². The minimum Gasteiger partial charge on any atom is -0.448 e. The lowest BCUT2D eigenvalue weighted by molar-refractivity contribution is -0.122. The summed E-state index contributed by atoms with van der Waals surface area (Å²) in [7, 11) is 0. The van der Waals surface area contributed by atoms with Gasteiger partial charge in [0, 0.05) is 64.5 Å². The molecule has 0 saturated heterocycles. The molecule has 11 heteroatoms. The van der Waals surface area contributed by atoms with Crippen molar-refractivity contribution in [3.05, 3.63) is 61.8 Å². The van der Waals surface area contributed by atoms with Crippen LogP contribution >= 0.6 is 23.4 Å². The Balaban J connectivity index is 1.30. The number of carbonyl (C=O) groups is 1. The summed E-state index contributed by atoms with van der Waals surface area (Å²) in [5, 5.41) is 3.21. The quantitative estimate of drug-likeness (QED) is 0.345. The number of H-pyrrole nitrogens is 1. The van der Waals surface area contributed by atoms with Crippen molar-refractivity contribution in [3.63, 3.8) is 0 Å². The molecule has 0 radical (unpaired) electrons. The fraction of sp³-hybridized carbons (Fsp3) is 0.462. The van der Waals surface area contributed by atoms with E-state index in [1.807, 2.05) is 39.3 Å². The summed E-state index contributed by atoms with van der Waals surface area (Å²) in [5.74, 6) is 0.450. The molecule has 1 saturated carbocycles. The number of hydrazine groups is 2. The van der Waals surface area contributed by atoms with Crippen LogP contribution in [0.5, 0.6) is 11.5 Å². The number of aromatic nitrogens is 1. The summed E-state index contributed by atoms with van der Waals surface area (Å²) < 4.78 is 12.8. The average Bonchev–Trinajstić information content (AvgIpc) is 3.54. The molecule has 1 amide bonds. The zero-order chi connectivity index (χ0) is 26.3. The summed E-state index contributed by atoms with van der Waals surface area (Å²) in [5.41, 5.74) is 12.4. The normalized spacial score (nSPS) is 24.3.